The first kappa shape index (κ1) is 13.5. The largest absolute Gasteiger partial charge is 0.380 e. The summed E-state index contributed by atoms with van der Waals surface area (Å²) in [6, 6.07) is 0. The zero-order chi connectivity index (χ0) is 12.0. The molecule has 0 aromatic rings. The van der Waals surface area contributed by atoms with Crippen LogP contribution in [0, 0.1) is 5.92 Å². The van der Waals surface area contributed by atoms with Crippen molar-refractivity contribution in [1.82, 2.24) is 9.80 Å². The standard InChI is InChI=1S/C13H27N3/c1-4-5-13(15(2)3)11-16-8-6-12(10-14)7-9-16/h5,12H,4,6-11,14H2,1-3H3/b13-5-. The van der Waals surface area contributed by atoms with Crippen LogP contribution in [0.5, 0.6) is 0 Å². The smallest absolute Gasteiger partial charge is 0.0380 e. The van der Waals surface area contributed by atoms with Gasteiger partial charge in [0.2, 0.25) is 0 Å². The summed E-state index contributed by atoms with van der Waals surface area (Å²) in [5.41, 5.74) is 7.15. The molecule has 0 aliphatic carbocycles. The Bertz CT molecular complexity index is 215. The highest BCUT2D eigenvalue weighted by Gasteiger charge is 2.18. The Morgan fingerprint density at radius 2 is 2.00 bits per heavy atom. The van der Waals surface area contributed by atoms with Gasteiger partial charge in [-0.3, -0.25) is 4.90 Å². The molecular formula is C13H27N3. The van der Waals surface area contributed by atoms with Crippen LogP contribution >= 0.6 is 0 Å². The summed E-state index contributed by atoms with van der Waals surface area (Å²) in [6.45, 7) is 6.56. The van der Waals surface area contributed by atoms with Crippen LogP contribution in [0.2, 0.25) is 0 Å². The van der Waals surface area contributed by atoms with Crippen LogP contribution in [0.15, 0.2) is 11.8 Å². The zero-order valence-corrected chi connectivity index (χ0v) is 11.1. The van der Waals surface area contributed by atoms with Gasteiger partial charge in [0.15, 0.2) is 0 Å². The molecule has 0 spiro atoms. The van der Waals surface area contributed by atoms with Gasteiger partial charge in [-0.15, -0.1) is 0 Å². The number of nitrogens with two attached hydrogens (primary N) is 1. The molecule has 0 bridgehead atoms. The van der Waals surface area contributed by atoms with Crippen LogP contribution in [-0.4, -0.2) is 50.1 Å². The molecule has 3 nitrogen and oxygen atoms in total. The minimum Gasteiger partial charge on any atom is -0.380 e. The van der Waals surface area contributed by atoms with Crippen molar-refractivity contribution in [3.63, 3.8) is 0 Å². The van der Waals surface area contributed by atoms with Crippen LogP contribution in [0.25, 0.3) is 0 Å². The predicted octanol–water partition coefficient (Wildman–Crippen LogP) is 1.51. The normalized spacial score (nSPS) is 20.1. The van der Waals surface area contributed by atoms with E-state index in [1.54, 1.807) is 0 Å². The first-order valence-corrected chi connectivity index (χ1v) is 6.46. The number of hydrogen-bond acceptors (Lipinski definition) is 3. The van der Waals surface area contributed by atoms with Crippen molar-refractivity contribution in [1.29, 1.82) is 0 Å². The van der Waals surface area contributed by atoms with E-state index in [0.717, 1.165) is 25.4 Å². The highest BCUT2D eigenvalue weighted by atomic mass is 15.2. The second kappa shape index (κ2) is 6.92. The van der Waals surface area contributed by atoms with E-state index in [-0.39, 0.29) is 0 Å². The van der Waals surface area contributed by atoms with Gasteiger partial charge in [-0.05, 0) is 44.8 Å². The van der Waals surface area contributed by atoms with E-state index < -0.39 is 0 Å². The molecule has 1 heterocycles. The third-order valence-electron chi connectivity index (χ3n) is 3.44. The van der Waals surface area contributed by atoms with Crippen LogP contribution in [0.4, 0.5) is 0 Å². The summed E-state index contributed by atoms with van der Waals surface area (Å²) in [4.78, 5) is 4.78. The van der Waals surface area contributed by atoms with Crippen molar-refractivity contribution >= 4 is 0 Å². The second-order valence-corrected chi connectivity index (χ2v) is 4.95. The minimum atomic E-state index is 0.759. The lowest BCUT2D eigenvalue weighted by Gasteiger charge is -2.33. The number of likely N-dealkylation sites (tertiary alicyclic amines) is 1. The first-order valence-electron chi connectivity index (χ1n) is 6.46. The fourth-order valence-electron chi connectivity index (χ4n) is 2.23. The molecule has 0 radical (unpaired) electrons. The Kier molecular flexibility index (Phi) is 5.85. The molecule has 1 saturated heterocycles. The summed E-state index contributed by atoms with van der Waals surface area (Å²) in [5, 5.41) is 0. The Labute approximate surface area is 100 Å². The van der Waals surface area contributed by atoms with E-state index in [2.05, 4.69) is 36.9 Å². The molecule has 2 N–H and O–H groups in total. The van der Waals surface area contributed by atoms with Crippen molar-refractivity contribution in [3.05, 3.63) is 11.8 Å². The molecule has 0 unspecified atom stereocenters. The Morgan fingerprint density at radius 3 is 2.44 bits per heavy atom. The Morgan fingerprint density at radius 1 is 1.38 bits per heavy atom. The van der Waals surface area contributed by atoms with Crippen molar-refractivity contribution in [2.45, 2.75) is 26.2 Å². The van der Waals surface area contributed by atoms with E-state index in [1.165, 1.54) is 31.6 Å². The number of hydrogen-bond donors (Lipinski definition) is 1. The summed E-state index contributed by atoms with van der Waals surface area (Å²) in [5.74, 6) is 0.759. The number of nitrogens with zero attached hydrogens (tertiary/aromatic N) is 2. The molecule has 1 aliphatic rings. The molecule has 16 heavy (non-hydrogen) atoms. The summed E-state index contributed by atoms with van der Waals surface area (Å²) in [7, 11) is 4.27. The third-order valence-corrected chi connectivity index (χ3v) is 3.44. The second-order valence-electron chi connectivity index (χ2n) is 4.95. The summed E-state index contributed by atoms with van der Waals surface area (Å²) < 4.78 is 0. The maximum absolute atomic E-state index is 5.71. The van der Waals surface area contributed by atoms with Gasteiger partial charge < -0.3 is 10.6 Å². The van der Waals surface area contributed by atoms with Crippen LogP contribution < -0.4 is 5.73 Å². The fraction of sp³-hybridized carbons (Fsp3) is 0.846. The van der Waals surface area contributed by atoms with Gasteiger partial charge in [0.25, 0.3) is 0 Å². The Balaban J connectivity index is 2.39. The van der Waals surface area contributed by atoms with Crippen LogP contribution in [0.3, 0.4) is 0 Å². The topological polar surface area (TPSA) is 32.5 Å². The molecule has 1 aliphatic heterocycles. The van der Waals surface area contributed by atoms with Gasteiger partial charge in [-0.25, -0.2) is 0 Å². The monoisotopic (exact) mass is 225 g/mol. The predicted molar refractivity (Wildman–Crippen MR) is 70.3 cm³/mol. The van der Waals surface area contributed by atoms with Crippen molar-refractivity contribution in [2.24, 2.45) is 11.7 Å². The molecule has 0 saturated carbocycles. The van der Waals surface area contributed by atoms with E-state index >= 15 is 0 Å². The fourth-order valence-corrected chi connectivity index (χ4v) is 2.23. The molecule has 0 aromatic heterocycles. The zero-order valence-electron chi connectivity index (χ0n) is 11.1. The molecule has 3 heteroatoms. The lowest BCUT2D eigenvalue weighted by Crippen LogP contribution is -2.38. The molecule has 0 atom stereocenters. The van der Waals surface area contributed by atoms with Crippen molar-refractivity contribution in [2.75, 3.05) is 40.3 Å². The molecule has 0 aromatic carbocycles. The number of rotatable bonds is 5. The van der Waals surface area contributed by atoms with E-state index in [9.17, 15) is 0 Å². The maximum Gasteiger partial charge on any atom is 0.0380 e. The lowest BCUT2D eigenvalue weighted by molar-refractivity contribution is 0.190. The molecule has 1 fully saturated rings. The maximum atomic E-state index is 5.71. The van der Waals surface area contributed by atoms with Gasteiger partial charge in [0.1, 0.15) is 0 Å². The average molecular weight is 225 g/mol. The van der Waals surface area contributed by atoms with E-state index in [0.29, 0.717) is 0 Å². The van der Waals surface area contributed by atoms with Crippen molar-refractivity contribution < 1.29 is 0 Å². The molecule has 94 valence electrons. The van der Waals surface area contributed by atoms with Gasteiger partial charge in [0.05, 0.1) is 0 Å². The highest BCUT2D eigenvalue weighted by molar-refractivity contribution is 5.02. The molecule has 0 amide bonds. The summed E-state index contributed by atoms with van der Waals surface area (Å²) >= 11 is 0. The van der Waals surface area contributed by atoms with Gasteiger partial charge in [-0.2, -0.15) is 0 Å². The van der Waals surface area contributed by atoms with E-state index in [1.807, 2.05) is 0 Å². The Hall–Kier alpha value is -0.540. The van der Waals surface area contributed by atoms with E-state index in [4.69, 9.17) is 5.73 Å². The van der Waals surface area contributed by atoms with Crippen LogP contribution in [-0.2, 0) is 0 Å². The van der Waals surface area contributed by atoms with Crippen LogP contribution in [0.1, 0.15) is 26.2 Å². The average Bonchev–Trinajstić information content (AvgIpc) is 2.29. The SMILES string of the molecule is CC/C=C(/CN1CCC(CN)CC1)N(C)C. The summed E-state index contributed by atoms with van der Waals surface area (Å²) in [6.07, 6.45) is 5.98. The number of likely N-dealkylation sites (N-methyl/N-ethyl adjacent to an activating group) is 1. The van der Waals surface area contributed by atoms with Gasteiger partial charge in [0, 0.05) is 26.3 Å². The molecular weight excluding hydrogens is 198 g/mol. The highest BCUT2D eigenvalue weighted by Crippen LogP contribution is 2.17. The first-order chi connectivity index (χ1) is 7.67. The van der Waals surface area contributed by atoms with Gasteiger partial charge in [-0.1, -0.05) is 13.0 Å². The lowest BCUT2D eigenvalue weighted by atomic mass is 9.97. The van der Waals surface area contributed by atoms with Crippen molar-refractivity contribution in [3.8, 4) is 0 Å². The van der Waals surface area contributed by atoms with Gasteiger partial charge >= 0.3 is 0 Å². The minimum absolute atomic E-state index is 0.759. The third kappa shape index (κ3) is 4.14. The quantitative estimate of drug-likeness (QED) is 0.770. The molecule has 1 rings (SSSR count). The number of piperidine rings is 1. The number of allylic oxidation sites excluding steroid dienone is 1.